The molecule has 1 aliphatic heterocycles. The van der Waals surface area contributed by atoms with Gasteiger partial charge in [0.2, 0.25) is 0 Å². The average molecular weight is 291 g/mol. The highest BCUT2D eigenvalue weighted by molar-refractivity contribution is 5.78. The Kier molecular flexibility index (Phi) is 5.80. The highest BCUT2D eigenvalue weighted by Crippen LogP contribution is 2.11. The summed E-state index contributed by atoms with van der Waals surface area (Å²) in [7, 11) is 0. The van der Waals surface area contributed by atoms with Gasteiger partial charge < -0.3 is 20.3 Å². The summed E-state index contributed by atoms with van der Waals surface area (Å²) in [5, 5.41) is 0. The minimum absolute atomic E-state index is 0.564. The molecular formula is C15H25N5O. The first-order valence-electron chi connectivity index (χ1n) is 7.57. The van der Waals surface area contributed by atoms with E-state index in [0.29, 0.717) is 12.5 Å². The van der Waals surface area contributed by atoms with Crippen molar-refractivity contribution in [3.05, 3.63) is 23.9 Å². The molecule has 0 bridgehead atoms. The molecule has 1 saturated heterocycles. The van der Waals surface area contributed by atoms with Gasteiger partial charge in [0.15, 0.2) is 5.96 Å². The van der Waals surface area contributed by atoms with Crippen LogP contribution in [0.4, 0.5) is 5.82 Å². The zero-order chi connectivity index (χ0) is 15.1. The molecule has 1 aromatic rings. The summed E-state index contributed by atoms with van der Waals surface area (Å²) in [4.78, 5) is 13.2. The minimum atomic E-state index is 0.564. The van der Waals surface area contributed by atoms with E-state index in [1.807, 2.05) is 12.3 Å². The molecule has 6 nitrogen and oxygen atoms in total. The lowest BCUT2D eigenvalue weighted by Gasteiger charge is -2.27. The van der Waals surface area contributed by atoms with Crippen LogP contribution in [0.15, 0.2) is 23.3 Å². The van der Waals surface area contributed by atoms with E-state index in [0.717, 1.165) is 50.8 Å². The number of hydrogen-bond donors (Lipinski definition) is 1. The van der Waals surface area contributed by atoms with Gasteiger partial charge in [-0.2, -0.15) is 0 Å². The number of aliphatic imine (C=N–C) groups is 1. The number of hydrogen-bond acceptors (Lipinski definition) is 4. The number of rotatable bonds is 5. The van der Waals surface area contributed by atoms with Gasteiger partial charge >= 0.3 is 0 Å². The number of guanidine groups is 1. The molecule has 6 heteroatoms. The maximum atomic E-state index is 6.01. The van der Waals surface area contributed by atoms with Gasteiger partial charge in [0.25, 0.3) is 0 Å². The van der Waals surface area contributed by atoms with Crippen LogP contribution in [0, 0.1) is 0 Å². The highest BCUT2D eigenvalue weighted by atomic mass is 16.5. The summed E-state index contributed by atoms with van der Waals surface area (Å²) in [5.74, 6) is 1.60. The van der Waals surface area contributed by atoms with Crippen molar-refractivity contribution in [2.45, 2.75) is 20.4 Å². The van der Waals surface area contributed by atoms with Gasteiger partial charge in [0, 0.05) is 32.4 Å². The van der Waals surface area contributed by atoms with Gasteiger partial charge in [0.1, 0.15) is 5.82 Å². The van der Waals surface area contributed by atoms with Crippen LogP contribution in [0.25, 0.3) is 0 Å². The van der Waals surface area contributed by atoms with Gasteiger partial charge in [-0.1, -0.05) is 6.07 Å². The van der Waals surface area contributed by atoms with Crippen molar-refractivity contribution >= 4 is 11.8 Å². The van der Waals surface area contributed by atoms with Crippen LogP contribution in [0.5, 0.6) is 0 Å². The molecule has 0 saturated carbocycles. The summed E-state index contributed by atoms with van der Waals surface area (Å²) in [6.45, 7) is 9.82. The zero-order valence-electron chi connectivity index (χ0n) is 13.0. The molecule has 1 aromatic heterocycles. The lowest BCUT2D eigenvalue weighted by molar-refractivity contribution is 0.0674. The van der Waals surface area contributed by atoms with Crippen molar-refractivity contribution in [1.29, 1.82) is 0 Å². The Hall–Kier alpha value is -1.82. The van der Waals surface area contributed by atoms with Crippen molar-refractivity contribution in [2.75, 3.05) is 44.3 Å². The average Bonchev–Trinajstić information content (AvgIpc) is 2.55. The number of anilines is 1. The van der Waals surface area contributed by atoms with E-state index in [1.165, 1.54) is 0 Å². The third kappa shape index (κ3) is 4.32. The van der Waals surface area contributed by atoms with E-state index >= 15 is 0 Å². The molecule has 0 unspecified atom stereocenters. The highest BCUT2D eigenvalue weighted by Gasteiger charge is 2.11. The lowest BCUT2D eigenvalue weighted by Crippen LogP contribution is -2.44. The number of aromatic nitrogens is 1. The predicted octanol–water partition coefficient (Wildman–Crippen LogP) is 1.07. The molecule has 2 N–H and O–H groups in total. The van der Waals surface area contributed by atoms with Crippen LogP contribution in [-0.4, -0.2) is 55.2 Å². The van der Waals surface area contributed by atoms with Crippen molar-refractivity contribution in [3.8, 4) is 0 Å². The van der Waals surface area contributed by atoms with E-state index in [1.54, 1.807) is 0 Å². The molecule has 2 rings (SSSR count). The van der Waals surface area contributed by atoms with Gasteiger partial charge in [-0.05, 0) is 25.5 Å². The van der Waals surface area contributed by atoms with Gasteiger partial charge in [-0.25, -0.2) is 9.98 Å². The van der Waals surface area contributed by atoms with Gasteiger partial charge in [0.05, 0.1) is 19.8 Å². The standard InChI is InChI=1S/C15H25N5O/c1-3-19(4-2)14-6-5-13(11-17-14)12-18-15(16)20-7-9-21-10-8-20/h5-6,11H,3-4,7-10,12H2,1-2H3,(H2,16,18). The summed E-state index contributed by atoms with van der Waals surface area (Å²) >= 11 is 0. The fraction of sp³-hybridized carbons (Fsp3) is 0.600. The minimum Gasteiger partial charge on any atom is -0.378 e. The van der Waals surface area contributed by atoms with Crippen molar-refractivity contribution < 1.29 is 4.74 Å². The number of morpholine rings is 1. The van der Waals surface area contributed by atoms with E-state index in [-0.39, 0.29) is 0 Å². The number of nitrogens with two attached hydrogens (primary N) is 1. The van der Waals surface area contributed by atoms with Gasteiger partial charge in [-0.15, -0.1) is 0 Å². The van der Waals surface area contributed by atoms with Crippen molar-refractivity contribution in [3.63, 3.8) is 0 Å². The molecule has 2 heterocycles. The number of nitrogens with zero attached hydrogens (tertiary/aromatic N) is 4. The Bertz CT molecular complexity index is 450. The molecule has 1 fully saturated rings. The SMILES string of the molecule is CCN(CC)c1ccc(CN=C(N)N2CCOCC2)cn1. The Labute approximate surface area is 126 Å². The molecule has 21 heavy (non-hydrogen) atoms. The monoisotopic (exact) mass is 291 g/mol. The van der Waals surface area contributed by atoms with Crippen LogP contribution in [0.2, 0.25) is 0 Å². The lowest BCUT2D eigenvalue weighted by atomic mass is 10.3. The molecule has 1 aliphatic rings. The summed E-state index contributed by atoms with van der Waals surface area (Å²) in [6, 6.07) is 4.11. The fourth-order valence-electron chi connectivity index (χ4n) is 2.31. The maximum absolute atomic E-state index is 6.01. The quantitative estimate of drug-likeness (QED) is 0.649. The Morgan fingerprint density at radius 1 is 1.33 bits per heavy atom. The second-order valence-electron chi connectivity index (χ2n) is 4.97. The first-order chi connectivity index (χ1) is 10.2. The summed E-state index contributed by atoms with van der Waals surface area (Å²) in [5.41, 5.74) is 7.08. The zero-order valence-corrected chi connectivity index (χ0v) is 13.0. The first kappa shape index (κ1) is 15.6. The summed E-state index contributed by atoms with van der Waals surface area (Å²) in [6.07, 6.45) is 1.88. The second kappa shape index (κ2) is 7.83. The van der Waals surface area contributed by atoms with E-state index < -0.39 is 0 Å². The fourth-order valence-corrected chi connectivity index (χ4v) is 2.31. The third-order valence-electron chi connectivity index (χ3n) is 3.66. The normalized spacial score (nSPS) is 16.1. The molecular weight excluding hydrogens is 266 g/mol. The molecule has 0 atom stereocenters. The molecule has 0 aliphatic carbocycles. The van der Waals surface area contributed by atoms with Crippen LogP contribution in [0.3, 0.4) is 0 Å². The summed E-state index contributed by atoms with van der Waals surface area (Å²) < 4.78 is 5.30. The molecule has 0 spiro atoms. The topological polar surface area (TPSA) is 67.0 Å². The Morgan fingerprint density at radius 2 is 2.05 bits per heavy atom. The van der Waals surface area contributed by atoms with E-state index in [9.17, 15) is 0 Å². The van der Waals surface area contributed by atoms with E-state index in [2.05, 4.69) is 39.7 Å². The Morgan fingerprint density at radius 3 is 2.62 bits per heavy atom. The third-order valence-corrected chi connectivity index (χ3v) is 3.66. The van der Waals surface area contributed by atoms with Crippen LogP contribution >= 0.6 is 0 Å². The largest absolute Gasteiger partial charge is 0.378 e. The van der Waals surface area contributed by atoms with Crippen LogP contribution < -0.4 is 10.6 Å². The predicted molar refractivity (Wildman–Crippen MR) is 85.5 cm³/mol. The molecule has 0 amide bonds. The van der Waals surface area contributed by atoms with Crippen molar-refractivity contribution in [1.82, 2.24) is 9.88 Å². The van der Waals surface area contributed by atoms with Crippen LogP contribution in [-0.2, 0) is 11.3 Å². The van der Waals surface area contributed by atoms with E-state index in [4.69, 9.17) is 10.5 Å². The first-order valence-corrected chi connectivity index (χ1v) is 7.57. The molecule has 0 radical (unpaired) electrons. The second-order valence-corrected chi connectivity index (χ2v) is 4.97. The maximum Gasteiger partial charge on any atom is 0.191 e. The molecule has 116 valence electrons. The number of ether oxygens (including phenoxy) is 1. The van der Waals surface area contributed by atoms with Crippen LogP contribution in [0.1, 0.15) is 19.4 Å². The smallest absolute Gasteiger partial charge is 0.191 e. The Balaban J connectivity index is 1.93. The van der Waals surface area contributed by atoms with Gasteiger partial charge in [-0.3, -0.25) is 0 Å². The number of pyridine rings is 1. The van der Waals surface area contributed by atoms with Crippen molar-refractivity contribution in [2.24, 2.45) is 10.7 Å². The molecule has 0 aromatic carbocycles.